The second-order valence-electron chi connectivity index (χ2n) is 2.62. The third-order valence-electron chi connectivity index (χ3n) is 1.55. The van der Waals surface area contributed by atoms with Crippen molar-refractivity contribution in [1.82, 2.24) is 9.97 Å². The number of hydrogen-bond donors (Lipinski definition) is 0. The molecular weight excluding hydrogens is 196 g/mol. The second-order valence-corrected chi connectivity index (χ2v) is 2.62. The largest absolute Gasteiger partial charge is 0.487 e. The molecule has 0 aromatic carbocycles. The fourth-order valence-electron chi connectivity index (χ4n) is 1.03. The first kappa shape index (κ1) is 11.6. The molecule has 0 saturated heterocycles. The Hall–Kier alpha value is -1.52. The molecular formula is C10H16N2O3. The fraction of sp³-hybridized carbons (Fsp3) is 0.600. The van der Waals surface area contributed by atoms with Gasteiger partial charge in [0.05, 0.1) is 26.0 Å². The highest BCUT2D eigenvalue weighted by Gasteiger charge is 2.09. The van der Waals surface area contributed by atoms with Crippen LogP contribution >= 0.6 is 0 Å². The second kappa shape index (κ2) is 6.06. The molecule has 0 aliphatic heterocycles. The van der Waals surface area contributed by atoms with Crippen molar-refractivity contribution < 1.29 is 14.2 Å². The van der Waals surface area contributed by atoms with Gasteiger partial charge in [0.15, 0.2) is 5.75 Å². The Kier molecular flexibility index (Phi) is 4.66. The van der Waals surface area contributed by atoms with Crippen LogP contribution in [-0.2, 0) is 0 Å². The first-order valence-electron chi connectivity index (χ1n) is 5.07. The maximum Gasteiger partial charge on any atom is 0.319 e. The monoisotopic (exact) mass is 212 g/mol. The van der Waals surface area contributed by atoms with E-state index in [9.17, 15) is 0 Å². The van der Waals surface area contributed by atoms with E-state index in [-0.39, 0.29) is 0 Å². The maximum absolute atomic E-state index is 5.32. The van der Waals surface area contributed by atoms with Crippen LogP contribution in [0, 0.1) is 0 Å². The molecule has 5 heteroatoms. The minimum Gasteiger partial charge on any atom is -0.487 e. The van der Waals surface area contributed by atoms with Crippen LogP contribution in [0.4, 0.5) is 0 Å². The van der Waals surface area contributed by atoms with Gasteiger partial charge >= 0.3 is 6.01 Å². The molecule has 0 aliphatic rings. The Bertz CT molecular complexity index is 305. The van der Waals surface area contributed by atoms with Crippen molar-refractivity contribution in [2.45, 2.75) is 20.8 Å². The highest BCUT2D eigenvalue weighted by atomic mass is 16.5. The fourth-order valence-corrected chi connectivity index (χ4v) is 1.03. The van der Waals surface area contributed by atoms with Crippen molar-refractivity contribution in [2.75, 3.05) is 19.8 Å². The van der Waals surface area contributed by atoms with Crippen LogP contribution in [0.25, 0.3) is 0 Å². The summed E-state index contributed by atoms with van der Waals surface area (Å²) < 4.78 is 15.8. The van der Waals surface area contributed by atoms with Crippen LogP contribution in [0.2, 0.25) is 0 Å². The smallest absolute Gasteiger partial charge is 0.319 e. The molecule has 1 aromatic heterocycles. The summed E-state index contributed by atoms with van der Waals surface area (Å²) in [7, 11) is 0. The lowest BCUT2D eigenvalue weighted by Gasteiger charge is -2.09. The summed E-state index contributed by atoms with van der Waals surface area (Å²) in [6, 6.07) is 0.310. The van der Waals surface area contributed by atoms with E-state index in [0.717, 1.165) is 0 Å². The summed E-state index contributed by atoms with van der Waals surface area (Å²) in [6.07, 6.45) is 1.56. The lowest BCUT2D eigenvalue weighted by atomic mass is 10.5. The quantitative estimate of drug-likeness (QED) is 0.718. The van der Waals surface area contributed by atoms with Crippen molar-refractivity contribution in [3.8, 4) is 17.6 Å². The third-order valence-corrected chi connectivity index (χ3v) is 1.55. The van der Waals surface area contributed by atoms with Gasteiger partial charge in [-0.3, -0.25) is 0 Å². The zero-order chi connectivity index (χ0) is 11.1. The van der Waals surface area contributed by atoms with Crippen LogP contribution < -0.4 is 14.2 Å². The predicted molar refractivity (Wildman–Crippen MR) is 55.5 cm³/mol. The van der Waals surface area contributed by atoms with Gasteiger partial charge in [0, 0.05) is 0 Å². The molecule has 5 nitrogen and oxygen atoms in total. The number of nitrogens with zero attached hydrogens (tertiary/aromatic N) is 2. The van der Waals surface area contributed by atoms with Crippen LogP contribution in [0.1, 0.15) is 20.8 Å². The molecule has 0 amide bonds. The van der Waals surface area contributed by atoms with Crippen LogP contribution in [0.5, 0.6) is 17.6 Å². The van der Waals surface area contributed by atoms with Gasteiger partial charge in [-0.25, -0.2) is 0 Å². The summed E-state index contributed by atoms with van der Waals surface area (Å²) >= 11 is 0. The molecule has 0 atom stereocenters. The Morgan fingerprint density at radius 3 is 2.27 bits per heavy atom. The van der Waals surface area contributed by atoms with Crippen molar-refractivity contribution in [3.05, 3.63) is 6.20 Å². The van der Waals surface area contributed by atoms with E-state index in [0.29, 0.717) is 37.5 Å². The molecule has 0 radical (unpaired) electrons. The Morgan fingerprint density at radius 1 is 1.00 bits per heavy atom. The van der Waals surface area contributed by atoms with Gasteiger partial charge in [0.1, 0.15) is 0 Å². The van der Waals surface area contributed by atoms with Gasteiger partial charge in [-0.05, 0) is 20.8 Å². The first-order chi connectivity index (χ1) is 7.31. The molecule has 1 rings (SSSR count). The predicted octanol–water partition coefficient (Wildman–Crippen LogP) is 1.67. The Morgan fingerprint density at radius 2 is 1.67 bits per heavy atom. The van der Waals surface area contributed by atoms with Gasteiger partial charge in [-0.15, -0.1) is 0 Å². The van der Waals surface area contributed by atoms with E-state index in [1.54, 1.807) is 6.20 Å². The van der Waals surface area contributed by atoms with Crippen molar-refractivity contribution in [3.63, 3.8) is 0 Å². The molecule has 0 bridgehead atoms. The van der Waals surface area contributed by atoms with E-state index in [1.165, 1.54) is 0 Å². The topological polar surface area (TPSA) is 53.5 Å². The molecule has 0 spiro atoms. The number of hydrogen-bond acceptors (Lipinski definition) is 5. The molecule has 0 unspecified atom stereocenters. The summed E-state index contributed by atoms with van der Waals surface area (Å²) in [5, 5.41) is 0. The lowest BCUT2D eigenvalue weighted by Crippen LogP contribution is -2.04. The highest BCUT2D eigenvalue weighted by molar-refractivity contribution is 5.31. The zero-order valence-corrected chi connectivity index (χ0v) is 9.32. The van der Waals surface area contributed by atoms with Crippen molar-refractivity contribution in [2.24, 2.45) is 0 Å². The molecule has 0 saturated carbocycles. The van der Waals surface area contributed by atoms with E-state index in [2.05, 4.69) is 9.97 Å². The molecule has 15 heavy (non-hydrogen) atoms. The normalized spacial score (nSPS) is 9.80. The highest BCUT2D eigenvalue weighted by Crippen LogP contribution is 2.25. The number of rotatable bonds is 6. The third kappa shape index (κ3) is 3.27. The number of aromatic nitrogens is 2. The van der Waals surface area contributed by atoms with E-state index >= 15 is 0 Å². The Labute approximate surface area is 89.4 Å². The maximum atomic E-state index is 5.32. The average molecular weight is 212 g/mol. The van der Waals surface area contributed by atoms with Gasteiger partial charge < -0.3 is 14.2 Å². The molecule has 84 valence electrons. The minimum absolute atomic E-state index is 0.310. The van der Waals surface area contributed by atoms with Crippen LogP contribution in [-0.4, -0.2) is 29.8 Å². The first-order valence-corrected chi connectivity index (χ1v) is 5.07. The van der Waals surface area contributed by atoms with Gasteiger partial charge in [-0.1, -0.05) is 0 Å². The van der Waals surface area contributed by atoms with Crippen molar-refractivity contribution >= 4 is 0 Å². The molecule has 0 N–H and O–H groups in total. The van der Waals surface area contributed by atoms with Crippen LogP contribution in [0.15, 0.2) is 6.20 Å². The molecule has 1 heterocycles. The van der Waals surface area contributed by atoms with Gasteiger partial charge in [-0.2, -0.15) is 9.97 Å². The SMILES string of the molecule is CCOc1ncc(OCC)c(OCC)n1. The summed E-state index contributed by atoms with van der Waals surface area (Å²) in [6.45, 7) is 7.27. The Balaban J connectivity index is 2.87. The lowest BCUT2D eigenvalue weighted by molar-refractivity contribution is 0.260. The molecule has 1 aromatic rings. The zero-order valence-electron chi connectivity index (χ0n) is 9.32. The number of ether oxygens (including phenoxy) is 3. The van der Waals surface area contributed by atoms with E-state index in [1.807, 2.05) is 20.8 Å². The molecule has 0 fully saturated rings. The van der Waals surface area contributed by atoms with Gasteiger partial charge in [0.25, 0.3) is 5.88 Å². The summed E-state index contributed by atoms with van der Waals surface area (Å²) in [5.41, 5.74) is 0. The molecule has 0 aliphatic carbocycles. The standard InChI is InChI=1S/C10H16N2O3/c1-4-13-8-7-11-10(15-6-3)12-9(8)14-5-2/h7H,4-6H2,1-3H3. The van der Waals surface area contributed by atoms with E-state index in [4.69, 9.17) is 14.2 Å². The minimum atomic E-state index is 0.310. The van der Waals surface area contributed by atoms with Gasteiger partial charge in [0.2, 0.25) is 0 Å². The summed E-state index contributed by atoms with van der Waals surface area (Å²) in [5.74, 6) is 0.973. The van der Waals surface area contributed by atoms with E-state index < -0.39 is 0 Å². The average Bonchev–Trinajstić information content (AvgIpc) is 2.23. The summed E-state index contributed by atoms with van der Waals surface area (Å²) in [4.78, 5) is 8.08. The van der Waals surface area contributed by atoms with Crippen molar-refractivity contribution in [1.29, 1.82) is 0 Å². The van der Waals surface area contributed by atoms with Crippen LogP contribution in [0.3, 0.4) is 0 Å².